The molecular formula is C30H42O5. The zero-order valence-corrected chi connectivity index (χ0v) is 21.5. The molecule has 0 saturated carbocycles. The molecule has 0 saturated heterocycles. The van der Waals surface area contributed by atoms with Crippen molar-refractivity contribution in [3.05, 3.63) is 47.5 Å². The summed E-state index contributed by atoms with van der Waals surface area (Å²) in [4.78, 5) is 25.3. The number of carbonyl (C=O) groups excluding carboxylic acids is 2. The molecule has 0 aliphatic rings. The Morgan fingerprint density at radius 3 is 1.37 bits per heavy atom. The Balaban J connectivity index is 1.96. The first-order valence-corrected chi connectivity index (χ1v) is 13.4. The molecule has 5 nitrogen and oxygen atoms in total. The lowest BCUT2D eigenvalue weighted by molar-refractivity contribution is 0.0968. The fourth-order valence-corrected chi connectivity index (χ4v) is 4.14. The van der Waals surface area contributed by atoms with Gasteiger partial charge in [-0.2, -0.15) is 0 Å². The molecule has 2 N–H and O–H groups in total. The third-order valence-corrected chi connectivity index (χ3v) is 6.29. The van der Waals surface area contributed by atoms with Gasteiger partial charge in [0, 0.05) is 12.8 Å². The SMILES string of the molecule is CCCCCCCCC(=O)c1cc(Oc2ccc(O)c(C(=O)CCCCCCCC)c2)ccc1O. The van der Waals surface area contributed by atoms with Crippen molar-refractivity contribution in [2.45, 2.75) is 104 Å². The number of hydrogen-bond acceptors (Lipinski definition) is 5. The van der Waals surface area contributed by atoms with Gasteiger partial charge >= 0.3 is 0 Å². The summed E-state index contributed by atoms with van der Waals surface area (Å²) in [5, 5.41) is 20.4. The first-order valence-electron chi connectivity index (χ1n) is 13.4. The molecular weight excluding hydrogens is 440 g/mol. The maximum atomic E-state index is 12.6. The van der Waals surface area contributed by atoms with Gasteiger partial charge in [0.25, 0.3) is 0 Å². The molecule has 0 heterocycles. The first-order chi connectivity index (χ1) is 17.0. The van der Waals surface area contributed by atoms with Crippen LogP contribution in [-0.4, -0.2) is 21.8 Å². The standard InChI is InChI=1S/C30H42O5/c1-3-5-7-9-11-13-15-27(31)25-21-23(17-19-29(25)33)35-24-18-20-30(34)26(22-24)28(32)16-14-12-10-8-6-4-2/h17-22,33-34H,3-16H2,1-2H3. The maximum absolute atomic E-state index is 12.6. The van der Waals surface area contributed by atoms with E-state index in [-0.39, 0.29) is 34.2 Å². The zero-order valence-electron chi connectivity index (χ0n) is 21.5. The molecule has 0 unspecified atom stereocenters. The summed E-state index contributed by atoms with van der Waals surface area (Å²) in [6, 6.07) is 9.16. The lowest BCUT2D eigenvalue weighted by Crippen LogP contribution is -2.01. The average Bonchev–Trinajstić information content (AvgIpc) is 2.85. The first kappa shape index (κ1) is 28.4. The highest BCUT2D eigenvalue weighted by Gasteiger charge is 2.15. The van der Waals surface area contributed by atoms with Crippen LogP contribution in [0.25, 0.3) is 0 Å². The van der Waals surface area contributed by atoms with Crippen molar-refractivity contribution in [3.63, 3.8) is 0 Å². The predicted molar refractivity (Wildman–Crippen MR) is 141 cm³/mol. The van der Waals surface area contributed by atoms with E-state index >= 15 is 0 Å². The molecule has 0 atom stereocenters. The Morgan fingerprint density at radius 2 is 0.971 bits per heavy atom. The maximum Gasteiger partial charge on any atom is 0.166 e. The molecule has 0 amide bonds. The summed E-state index contributed by atoms with van der Waals surface area (Å²) in [5.74, 6) is 0.457. The third kappa shape index (κ3) is 10.1. The second kappa shape index (κ2) is 16.0. The Kier molecular flexibility index (Phi) is 13.0. The van der Waals surface area contributed by atoms with E-state index in [9.17, 15) is 19.8 Å². The van der Waals surface area contributed by atoms with Crippen LogP contribution in [0, 0.1) is 0 Å². The average molecular weight is 483 g/mol. The molecule has 0 aliphatic heterocycles. The van der Waals surface area contributed by atoms with Gasteiger partial charge in [-0.15, -0.1) is 0 Å². The van der Waals surface area contributed by atoms with Crippen molar-refractivity contribution in [3.8, 4) is 23.0 Å². The van der Waals surface area contributed by atoms with Gasteiger partial charge in [-0.3, -0.25) is 9.59 Å². The summed E-state index contributed by atoms with van der Waals surface area (Å²) in [7, 11) is 0. The highest BCUT2D eigenvalue weighted by atomic mass is 16.5. The Hall–Kier alpha value is -2.82. The smallest absolute Gasteiger partial charge is 0.166 e. The molecule has 0 aliphatic carbocycles. The molecule has 0 radical (unpaired) electrons. The third-order valence-electron chi connectivity index (χ3n) is 6.29. The number of phenols is 2. The van der Waals surface area contributed by atoms with E-state index in [0.717, 1.165) is 38.5 Å². The van der Waals surface area contributed by atoms with Crippen LogP contribution in [0.3, 0.4) is 0 Å². The predicted octanol–water partition coefficient (Wildman–Crippen LogP) is 8.76. The van der Waals surface area contributed by atoms with E-state index in [1.165, 1.54) is 50.7 Å². The summed E-state index contributed by atoms with van der Waals surface area (Å²) in [6.45, 7) is 4.35. The molecule has 0 aromatic heterocycles. The summed E-state index contributed by atoms with van der Waals surface area (Å²) in [5.41, 5.74) is 0.489. The number of ketones is 2. The molecule has 0 spiro atoms. The molecule has 0 fully saturated rings. The minimum Gasteiger partial charge on any atom is -0.507 e. The Bertz CT molecular complexity index is 859. The van der Waals surface area contributed by atoms with Crippen molar-refractivity contribution in [1.29, 1.82) is 0 Å². The molecule has 5 heteroatoms. The number of Topliss-reactive ketones (excluding diaryl/α,β-unsaturated/α-hetero) is 2. The van der Waals surface area contributed by atoms with Crippen LogP contribution >= 0.6 is 0 Å². The van der Waals surface area contributed by atoms with Crippen LogP contribution in [0.15, 0.2) is 36.4 Å². The van der Waals surface area contributed by atoms with Gasteiger partial charge in [0.15, 0.2) is 11.6 Å². The minimum atomic E-state index is -0.107. The number of rotatable bonds is 18. The highest BCUT2D eigenvalue weighted by Crippen LogP contribution is 2.31. The Morgan fingerprint density at radius 1 is 0.600 bits per heavy atom. The largest absolute Gasteiger partial charge is 0.507 e. The van der Waals surface area contributed by atoms with Gasteiger partial charge in [-0.05, 0) is 49.2 Å². The van der Waals surface area contributed by atoms with E-state index in [1.807, 2.05) is 0 Å². The quantitative estimate of drug-likeness (QED) is 0.164. The van der Waals surface area contributed by atoms with Gasteiger partial charge in [-0.25, -0.2) is 0 Å². The van der Waals surface area contributed by atoms with E-state index in [1.54, 1.807) is 24.3 Å². The van der Waals surface area contributed by atoms with E-state index in [4.69, 9.17) is 4.74 Å². The molecule has 2 rings (SSSR count). The van der Waals surface area contributed by atoms with Crippen LogP contribution in [0.4, 0.5) is 0 Å². The van der Waals surface area contributed by atoms with Crippen LogP contribution in [0.2, 0.25) is 0 Å². The fraction of sp³-hybridized carbons (Fsp3) is 0.533. The van der Waals surface area contributed by atoms with E-state index < -0.39 is 0 Å². The van der Waals surface area contributed by atoms with Crippen molar-refractivity contribution in [2.75, 3.05) is 0 Å². The number of hydrogen-bond donors (Lipinski definition) is 2. The number of unbranched alkanes of at least 4 members (excludes halogenated alkanes) is 10. The van der Waals surface area contributed by atoms with Crippen molar-refractivity contribution < 1.29 is 24.5 Å². The van der Waals surface area contributed by atoms with E-state index in [0.29, 0.717) is 24.3 Å². The van der Waals surface area contributed by atoms with Gasteiger partial charge in [0.05, 0.1) is 11.1 Å². The van der Waals surface area contributed by atoms with Gasteiger partial charge < -0.3 is 14.9 Å². The normalized spacial score (nSPS) is 10.9. The Labute approximate surface area is 210 Å². The monoisotopic (exact) mass is 482 g/mol. The number of aromatic hydroxyl groups is 2. The number of carbonyl (C=O) groups is 2. The highest BCUT2D eigenvalue weighted by molar-refractivity contribution is 5.99. The van der Waals surface area contributed by atoms with Crippen molar-refractivity contribution in [2.24, 2.45) is 0 Å². The lowest BCUT2D eigenvalue weighted by atomic mass is 10.0. The van der Waals surface area contributed by atoms with Crippen LogP contribution in [0.1, 0.15) is 124 Å². The summed E-state index contributed by atoms with van der Waals surface area (Å²) >= 11 is 0. The van der Waals surface area contributed by atoms with Gasteiger partial charge in [0.2, 0.25) is 0 Å². The van der Waals surface area contributed by atoms with Gasteiger partial charge in [-0.1, -0.05) is 78.1 Å². The summed E-state index contributed by atoms with van der Waals surface area (Å²) < 4.78 is 5.88. The second-order valence-corrected chi connectivity index (χ2v) is 9.34. The molecule has 0 bridgehead atoms. The fourth-order valence-electron chi connectivity index (χ4n) is 4.14. The molecule has 2 aromatic rings. The van der Waals surface area contributed by atoms with Gasteiger partial charge in [0.1, 0.15) is 23.0 Å². The second-order valence-electron chi connectivity index (χ2n) is 9.34. The lowest BCUT2D eigenvalue weighted by Gasteiger charge is -2.11. The number of ether oxygens (including phenoxy) is 1. The zero-order chi connectivity index (χ0) is 25.5. The summed E-state index contributed by atoms with van der Waals surface area (Å²) in [6.07, 6.45) is 13.8. The van der Waals surface area contributed by atoms with Crippen LogP contribution in [-0.2, 0) is 0 Å². The van der Waals surface area contributed by atoms with Crippen molar-refractivity contribution in [1.82, 2.24) is 0 Å². The number of benzene rings is 2. The van der Waals surface area contributed by atoms with Crippen LogP contribution in [0.5, 0.6) is 23.0 Å². The molecule has 192 valence electrons. The molecule has 2 aromatic carbocycles. The van der Waals surface area contributed by atoms with Crippen molar-refractivity contribution >= 4 is 11.6 Å². The minimum absolute atomic E-state index is 0.0613. The number of phenolic OH excluding ortho intramolecular Hbond substituents is 2. The molecule has 35 heavy (non-hydrogen) atoms. The topological polar surface area (TPSA) is 83.8 Å². The van der Waals surface area contributed by atoms with Crippen LogP contribution < -0.4 is 4.74 Å². The van der Waals surface area contributed by atoms with E-state index in [2.05, 4.69) is 13.8 Å².